The first kappa shape index (κ1) is 26.6. The molecule has 0 fully saturated rings. The monoisotopic (exact) mass is 569 g/mol. The summed E-state index contributed by atoms with van der Waals surface area (Å²) in [5, 5.41) is 0. The Morgan fingerprint density at radius 3 is 2.63 bits per heavy atom. The molecule has 6 rings (SSSR count). The number of nitrogens with zero attached hydrogens (tertiary/aromatic N) is 3. The van der Waals surface area contributed by atoms with Crippen LogP contribution in [0.25, 0.3) is 16.7 Å². The molecule has 2 aliphatic rings. The van der Waals surface area contributed by atoms with Crippen LogP contribution in [-0.4, -0.2) is 47.9 Å². The van der Waals surface area contributed by atoms with Crippen LogP contribution in [0.3, 0.4) is 0 Å². The number of aryl methyl sites for hydroxylation is 1. The third-order valence-electron chi connectivity index (χ3n) is 7.36. The van der Waals surface area contributed by atoms with Crippen molar-refractivity contribution in [3.8, 4) is 17.2 Å². The Morgan fingerprint density at radius 1 is 1.07 bits per heavy atom. The molecule has 4 aromatic rings. The Balaban J connectivity index is 1.43. The van der Waals surface area contributed by atoms with Crippen LogP contribution in [-0.2, 0) is 14.3 Å². The van der Waals surface area contributed by atoms with Crippen molar-refractivity contribution in [2.75, 3.05) is 25.2 Å². The van der Waals surface area contributed by atoms with Crippen LogP contribution in [0.4, 0.5) is 23.2 Å². The number of fused-ring (bicyclic) bond motifs is 3. The van der Waals surface area contributed by atoms with Crippen molar-refractivity contribution < 1.29 is 41.4 Å². The zero-order valence-electron chi connectivity index (χ0n) is 21.9. The van der Waals surface area contributed by atoms with Gasteiger partial charge in [-0.3, -0.25) is 19.1 Å². The molecule has 2 atom stereocenters. The molecule has 0 aliphatic carbocycles. The lowest BCUT2D eigenvalue weighted by molar-refractivity contribution is -0.171. The van der Waals surface area contributed by atoms with Gasteiger partial charge in [-0.15, -0.1) is 0 Å². The molecule has 41 heavy (non-hydrogen) atoms. The fourth-order valence-electron chi connectivity index (χ4n) is 5.52. The van der Waals surface area contributed by atoms with Gasteiger partial charge in [0.25, 0.3) is 0 Å². The molecule has 212 valence electrons. The average molecular weight is 570 g/mol. The highest BCUT2D eigenvalue weighted by molar-refractivity contribution is 5.98. The van der Waals surface area contributed by atoms with Crippen molar-refractivity contribution in [3.05, 3.63) is 77.4 Å². The van der Waals surface area contributed by atoms with Crippen LogP contribution >= 0.6 is 0 Å². The predicted molar refractivity (Wildman–Crippen MR) is 139 cm³/mol. The van der Waals surface area contributed by atoms with Crippen molar-refractivity contribution in [2.24, 2.45) is 0 Å². The molecule has 0 N–H and O–H groups in total. The molecule has 2 aliphatic heterocycles. The molecule has 0 saturated carbocycles. The number of carbonyl (C=O) groups excluding carboxylic acids is 2. The van der Waals surface area contributed by atoms with Crippen LogP contribution in [0.15, 0.2) is 54.6 Å². The molecule has 12 heteroatoms. The fourth-order valence-corrected chi connectivity index (χ4v) is 5.52. The van der Waals surface area contributed by atoms with Gasteiger partial charge in [0.2, 0.25) is 0 Å². The third kappa shape index (κ3) is 4.52. The van der Waals surface area contributed by atoms with Crippen LogP contribution in [0, 0.1) is 12.7 Å². The molecule has 3 aromatic carbocycles. The molecular weight excluding hydrogens is 546 g/mol. The van der Waals surface area contributed by atoms with Crippen molar-refractivity contribution in [2.45, 2.75) is 31.5 Å². The maximum absolute atomic E-state index is 14.1. The first-order chi connectivity index (χ1) is 19.6. The first-order valence-corrected chi connectivity index (χ1v) is 12.7. The summed E-state index contributed by atoms with van der Waals surface area (Å²) in [5.41, 5.74) is 2.40. The Bertz CT molecular complexity index is 1700. The standard InChI is InChI=1S/C29H23F4N3O5/c1-15-34-21-9-6-17(30)11-23(21)35(15)22-5-3-4-20-24(14-41-27(20)22)36(28(38)29(31,32)33)18-7-8-19-16(10-26(37)39-2)13-40-25(19)12-18/h3-9,11-12,16,24H,10,13-14H2,1-2H3/t16-,24?/m1/s1. The van der Waals surface area contributed by atoms with E-state index < -0.39 is 29.9 Å². The lowest BCUT2D eigenvalue weighted by atomic mass is 9.97. The topological polar surface area (TPSA) is 82.9 Å². The van der Waals surface area contributed by atoms with Gasteiger partial charge in [-0.1, -0.05) is 18.2 Å². The van der Waals surface area contributed by atoms with Crippen LogP contribution in [0.1, 0.15) is 35.3 Å². The number of ether oxygens (including phenoxy) is 3. The van der Waals surface area contributed by atoms with Crippen molar-refractivity contribution in [1.29, 1.82) is 0 Å². The molecule has 0 bridgehead atoms. The van der Waals surface area contributed by atoms with Gasteiger partial charge in [0.05, 0.1) is 42.9 Å². The van der Waals surface area contributed by atoms with E-state index >= 15 is 0 Å². The molecule has 0 radical (unpaired) electrons. The highest BCUT2D eigenvalue weighted by Crippen LogP contribution is 2.46. The van der Waals surface area contributed by atoms with E-state index in [1.807, 2.05) is 0 Å². The molecule has 0 spiro atoms. The Hall–Kier alpha value is -4.61. The van der Waals surface area contributed by atoms with Gasteiger partial charge < -0.3 is 14.2 Å². The number of aromatic nitrogens is 2. The van der Waals surface area contributed by atoms with Gasteiger partial charge in [-0.05, 0) is 31.2 Å². The van der Waals surface area contributed by atoms with E-state index in [-0.39, 0.29) is 42.7 Å². The number of benzene rings is 3. The maximum Gasteiger partial charge on any atom is 0.471 e. The second kappa shape index (κ2) is 9.79. The Labute approximate surface area is 231 Å². The summed E-state index contributed by atoms with van der Waals surface area (Å²) in [5.74, 6) is -2.24. The summed E-state index contributed by atoms with van der Waals surface area (Å²) in [4.78, 5) is 29.8. The van der Waals surface area contributed by atoms with E-state index in [1.165, 1.54) is 37.4 Å². The van der Waals surface area contributed by atoms with E-state index in [2.05, 4.69) is 4.98 Å². The summed E-state index contributed by atoms with van der Waals surface area (Å²) >= 11 is 0. The highest BCUT2D eigenvalue weighted by Gasteiger charge is 2.48. The number of alkyl halides is 3. The average Bonchev–Trinajstić information content (AvgIpc) is 3.63. The molecule has 8 nitrogen and oxygen atoms in total. The summed E-state index contributed by atoms with van der Waals surface area (Å²) < 4.78 is 73.9. The lowest BCUT2D eigenvalue weighted by Crippen LogP contribution is -2.44. The molecular formula is C29H23F4N3O5. The van der Waals surface area contributed by atoms with E-state index in [4.69, 9.17) is 14.2 Å². The number of methoxy groups -OCH3 is 1. The van der Waals surface area contributed by atoms with E-state index in [9.17, 15) is 27.2 Å². The zero-order valence-corrected chi connectivity index (χ0v) is 21.9. The summed E-state index contributed by atoms with van der Waals surface area (Å²) in [6.07, 6.45) is -5.13. The van der Waals surface area contributed by atoms with Crippen LogP contribution in [0.2, 0.25) is 0 Å². The van der Waals surface area contributed by atoms with Gasteiger partial charge in [0.15, 0.2) is 0 Å². The Morgan fingerprint density at radius 2 is 1.88 bits per heavy atom. The lowest BCUT2D eigenvalue weighted by Gasteiger charge is -2.29. The van der Waals surface area contributed by atoms with Crippen LogP contribution in [0.5, 0.6) is 11.5 Å². The fraction of sp³-hybridized carbons (Fsp3) is 0.276. The van der Waals surface area contributed by atoms with Gasteiger partial charge >= 0.3 is 18.1 Å². The number of hydrogen-bond donors (Lipinski definition) is 0. The molecule has 1 aromatic heterocycles. The minimum absolute atomic E-state index is 0.0389. The van der Waals surface area contributed by atoms with Crippen LogP contribution < -0.4 is 14.4 Å². The van der Waals surface area contributed by atoms with Gasteiger partial charge in [0.1, 0.15) is 29.7 Å². The van der Waals surface area contributed by atoms with Gasteiger partial charge in [0, 0.05) is 34.9 Å². The summed E-state index contributed by atoms with van der Waals surface area (Å²) in [6, 6.07) is 12.3. The normalized spacial score (nSPS) is 17.5. The summed E-state index contributed by atoms with van der Waals surface area (Å²) in [6.45, 7) is 1.62. The molecule has 0 saturated heterocycles. The second-order valence-corrected chi connectivity index (χ2v) is 9.83. The molecule has 3 heterocycles. The smallest absolute Gasteiger partial charge is 0.471 e. The number of para-hydroxylation sites is 1. The maximum atomic E-state index is 14.1. The van der Waals surface area contributed by atoms with E-state index in [0.29, 0.717) is 38.6 Å². The van der Waals surface area contributed by atoms with Crippen molar-refractivity contribution >= 4 is 28.6 Å². The third-order valence-corrected chi connectivity index (χ3v) is 7.36. The molecule has 1 amide bonds. The van der Waals surface area contributed by atoms with Crippen molar-refractivity contribution in [3.63, 3.8) is 0 Å². The van der Waals surface area contributed by atoms with E-state index in [0.717, 1.165) is 0 Å². The van der Waals surface area contributed by atoms with Crippen molar-refractivity contribution in [1.82, 2.24) is 9.55 Å². The minimum atomic E-state index is -5.18. The second-order valence-electron chi connectivity index (χ2n) is 9.83. The number of imidazole rings is 1. The number of amides is 1. The number of carbonyl (C=O) groups is 2. The number of rotatable bonds is 5. The Kier molecular flexibility index (Phi) is 6.35. The van der Waals surface area contributed by atoms with Gasteiger partial charge in [-0.2, -0.15) is 13.2 Å². The zero-order chi connectivity index (χ0) is 29.1. The SMILES string of the molecule is COC(=O)C[C@@H]1COc2cc(N(C(=O)C(F)(F)F)C3COc4c3cccc4-n3c(C)nc4ccc(F)cc43)ccc21. The number of halogens is 4. The number of anilines is 1. The predicted octanol–water partition coefficient (Wildman–Crippen LogP) is 5.54. The number of esters is 1. The number of hydrogen-bond acceptors (Lipinski definition) is 6. The minimum Gasteiger partial charge on any atom is -0.493 e. The quantitative estimate of drug-likeness (QED) is 0.232. The first-order valence-electron chi connectivity index (χ1n) is 12.7. The van der Waals surface area contributed by atoms with E-state index in [1.54, 1.807) is 35.8 Å². The largest absolute Gasteiger partial charge is 0.493 e. The highest BCUT2D eigenvalue weighted by atomic mass is 19.4. The summed E-state index contributed by atoms with van der Waals surface area (Å²) in [7, 11) is 1.27. The van der Waals surface area contributed by atoms with Gasteiger partial charge in [-0.25, -0.2) is 9.37 Å². The molecule has 1 unspecified atom stereocenters.